The van der Waals surface area contributed by atoms with Crippen LogP contribution in [0.25, 0.3) is 17.2 Å². The molecule has 1 heterocycles. The number of cyclic esters (lactones) is 1. The number of benzene rings is 3. The Bertz CT molecular complexity index is 1080. The number of amides is 2. The summed E-state index contributed by atoms with van der Waals surface area (Å²) in [5.74, 6) is -0.700. The van der Waals surface area contributed by atoms with Crippen LogP contribution in [-0.2, 0) is 16.0 Å². The highest BCUT2D eigenvalue weighted by Gasteiger charge is 2.36. The third-order valence-corrected chi connectivity index (χ3v) is 5.00. The molecule has 3 aromatic carbocycles. The molecule has 30 heavy (non-hydrogen) atoms. The number of rotatable bonds is 5. The van der Waals surface area contributed by atoms with Crippen molar-refractivity contribution in [3.8, 4) is 11.1 Å². The number of nitrogens with zero attached hydrogens (tertiary/aromatic N) is 1. The highest BCUT2D eigenvalue weighted by atomic mass is 19.1. The zero-order valence-corrected chi connectivity index (χ0v) is 16.2. The summed E-state index contributed by atoms with van der Waals surface area (Å²) in [5, 5.41) is 0. The summed E-state index contributed by atoms with van der Waals surface area (Å²) in [4.78, 5) is 26.0. The lowest BCUT2D eigenvalue weighted by atomic mass is 10.0. The number of halogens is 1. The van der Waals surface area contributed by atoms with Crippen molar-refractivity contribution in [1.82, 2.24) is 4.90 Å². The van der Waals surface area contributed by atoms with Gasteiger partial charge in [0.15, 0.2) is 0 Å². The van der Waals surface area contributed by atoms with Gasteiger partial charge in [-0.3, -0.25) is 4.79 Å². The monoisotopic (exact) mass is 401 g/mol. The van der Waals surface area contributed by atoms with Crippen molar-refractivity contribution < 1.29 is 18.7 Å². The van der Waals surface area contributed by atoms with E-state index in [2.05, 4.69) is 0 Å². The molecule has 0 aliphatic carbocycles. The van der Waals surface area contributed by atoms with Crippen molar-refractivity contribution in [2.24, 2.45) is 0 Å². The highest BCUT2D eigenvalue weighted by molar-refractivity contribution is 6.02. The third-order valence-electron chi connectivity index (χ3n) is 5.00. The van der Waals surface area contributed by atoms with E-state index in [0.717, 1.165) is 22.3 Å². The van der Waals surface area contributed by atoms with Gasteiger partial charge in [-0.25, -0.2) is 14.1 Å². The fourth-order valence-corrected chi connectivity index (χ4v) is 3.48. The number of carbonyl (C=O) groups is 2. The highest BCUT2D eigenvalue weighted by Crippen LogP contribution is 2.22. The van der Waals surface area contributed by atoms with Crippen LogP contribution in [0.5, 0.6) is 0 Å². The van der Waals surface area contributed by atoms with E-state index in [1.165, 1.54) is 23.1 Å². The number of hydrogen-bond donors (Lipinski definition) is 0. The van der Waals surface area contributed by atoms with Crippen LogP contribution in [0, 0.1) is 5.82 Å². The van der Waals surface area contributed by atoms with Gasteiger partial charge in [0.2, 0.25) is 0 Å². The van der Waals surface area contributed by atoms with Crippen LogP contribution in [0.3, 0.4) is 0 Å². The molecule has 3 aromatic rings. The van der Waals surface area contributed by atoms with Crippen LogP contribution in [0.15, 0.2) is 84.9 Å². The molecule has 5 heteroatoms. The van der Waals surface area contributed by atoms with Gasteiger partial charge in [-0.15, -0.1) is 0 Å². The lowest BCUT2D eigenvalue weighted by molar-refractivity contribution is -0.124. The van der Waals surface area contributed by atoms with Crippen molar-refractivity contribution >= 4 is 18.1 Å². The molecule has 0 N–H and O–H groups in total. The topological polar surface area (TPSA) is 46.6 Å². The molecule has 1 aliphatic heterocycles. The molecule has 1 unspecified atom stereocenters. The maximum Gasteiger partial charge on any atom is 0.417 e. The largest absolute Gasteiger partial charge is 0.447 e. The minimum Gasteiger partial charge on any atom is -0.447 e. The number of imide groups is 1. The van der Waals surface area contributed by atoms with Gasteiger partial charge in [-0.1, -0.05) is 60.7 Å². The first-order valence-electron chi connectivity index (χ1n) is 9.68. The zero-order chi connectivity index (χ0) is 20.9. The second-order valence-electron chi connectivity index (χ2n) is 7.09. The summed E-state index contributed by atoms with van der Waals surface area (Å²) in [6.07, 6.45) is 2.98. The van der Waals surface area contributed by atoms with Crippen molar-refractivity contribution in [3.63, 3.8) is 0 Å². The van der Waals surface area contributed by atoms with Gasteiger partial charge in [0, 0.05) is 6.08 Å². The lowest BCUT2D eigenvalue weighted by Gasteiger charge is -2.18. The summed E-state index contributed by atoms with van der Waals surface area (Å²) in [6, 6.07) is 23.1. The normalized spacial score (nSPS) is 16.1. The molecule has 0 aromatic heterocycles. The van der Waals surface area contributed by atoms with Gasteiger partial charge in [0.25, 0.3) is 5.91 Å². The average molecular weight is 401 g/mol. The van der Waals surface area contributed by atoms with Crippen molar-refractivity contribution in [2.75, 3.05) is 6.61 Å². The second kappa shape index (κ2) is 8.74. The van der Waals surface area contributed by atoms with E-state index in [1.54, 1.807) is 18.2 Å². The summed E-state index contributed by atoms with van der Waals surface area (Å²) >= 11 is 0. The summed E-state index contributed by atoms with van der Waals surface area (Å²) in [7, 11) is 0. The smallest absolute Gasteiger partial charge is 0.417 e. The van der Waals surface area contributed by atoms with Gasteiger partial charge in [0.05, 0.1) is 6.04 Å². The molecule has 2 amide bonds. The Morgan fingerprint density at radius 3 is 2.53 bits per heavy atom. The molecule has 4 nitrogen and oxygen atoms in total. The first-order chi connectivity index (χ1) is 14.6. The van der Waals surface area contributed by atoms with Crippen LogP contribution in [-0.4, -0.2) is 29.5 Å². The number of ether oxygens (including phenoxy) is 1. The minimum atomic E-state index is -0.620. The molecule has 1 saturated heterocycles. The van der Waals surface area contributed by atoms with Crippen molar-refractivity contribution in [1.29, 1.82) is 0 Å². The van der Waals surface area contributed by atoms with Gasteiger partial charge < -0.3 is 4.74 Å². The predicted molar refractivity (Wildman–Crippen MR) is 113 cm³/mol. The molecule has 1 aliphatic rings. The van der Waals surface area contributed by atoms with E-state index in [9.17, 15) is 14.0 Å². The number of carbonyl (C=O) groups excluding carboxylic acids is 2. The molecular formula is C25H20FNO3. The van der Waals surface area contributed by atoms with E-state index < -0.39 is 12.0 Å². The minimum absolute atomic E-state index is 0.188. The summed E-state index contributed by atoms with van der Waals surface area (Å²) in [6.45, 7) is 0.188. The molecule has 1 fully saturated rings. The first-order valence-corrected chi connectivity index (χ1v) is 9.68. The Balaban J connectivity index is 1.49. The van der Waals surface area contributed by atoms with Crippen molar-refractivity contribution in [2.45, 2.75) is 12.5 Å². The van der Waals surface area contributed by atoms with Gasteiger partial charge >= 0.3 is 6.09 Å². The molecule has 0 radical (unpaired) electrons. The first kappa shape index (κ1) is 19.6. The molecule has 0 saturated carbocycles. The fourth-order valence-electron chi connectivity index (χ4n) is 3.48. The Morgan fingerprint density at radius 1 is 1.00 bits per heavy atom. The van der Waals surface area contributed by atoms with Crippen LogP contribution >= 0.6 is 0 Å². The summed E-state index contributed by atoms with van der Waals surface area (Å²) < 4.78 is 18.3. The molecule has 0 spiro atoms. The van der Waals surface area contributed by atoms with E-state index in [0.29, 0.717) is 6.42 Å². The molecular weight excluding hydrogens is 381 g/mol. The molecule has 4 rings (SSSR count). The lowest BCUT2D eigenvalue weighted by Crippen LogP contribution is -2.39. The maximum absolute atomic E-state index is 13.1. The Hall–Kier alpha value is -3.73. The zero-order valence-electron chi connectivity index (χ0n) is 16.2. The molecule has 150 valence electrons. The molecule has 0 bridgehead atoms. The molecule has 1 atom stereocenters. The van der Waals surface area contributed by atoms with Crippen LogP contribution < -0.4 is 0 Å². The van der Waals surface area contributed by atoms with E-state index in [4.69, 9.17) is 4.74 Å². The van der Waals surface area contributed by atoms with E-state index >= 15 is 0 Å². The Kier molecular flexibility index (Phi) is 5.70. The summed E-state index contributed by atoms with van der Waals surface area (Å²) in [5.41, 5.74) is 3.63. The average Bonchev–Trinajstić information content (AvgIpc) is 3.13. The fraction of sp³-hybridized carbons (Fsp3) is 0.120. The number of hydrogen-bond acceptors (Lipinski definition) is 3. The maximum atomic E-state index is 13.1. The third kappa shape index (κ3) is 4.46. The second-order valence-corrected chi connectivity index (χ2v) is 7.09. The van der Waals surface area contributed by atoms with Gasteiger partial charge in [0.1, 0.15) is 12.4 Å². The Labute approximate surface area is 174 Å². The predicted octanol–water partition coefficient (Wildman–Crippen LogP) is 5.10. The van der Waals surface area contributed by atoms with Gasteiger partial charge in [-0.2, -0.15) is 0 Å². The Morgan fingerprint density at radius 2 is 1.77 bits per heavy atom. The SMILES string of the molecule is O=C(/C=C/c1cccc(-c2ccc(F)cc2)c1)N1C(=O)OCC1Cc1ccccc1. The van der Waals surface area contributed by atoms with Crippen LogP contribution in [0.2, 0.25) is 0 Å². The standard InChI is InChI=1S/C25H20FNO3/c26-22-12-10-20(11-13-22)21-8-4-7-19(15-21)9-14-24(28)27-23(17-30-25(27)29)16-18-5-2-1-3-6-18/h1-15,23H,16-17H2/b14-9+. The van der Waals surface area contributed by atoms with E-state index in [-0.39, 0.29) is 18.5 Å². The van der Waals surface area contributed by atoms with Crippen LogP contribution in [0.1, 0.15) is 11.1 Å². The van der Waals surface area contributed by atoms with Crippen molar-refractivity contribution in [3.05, 3.63) is 102 Å². The quantitative estimate of drug-likeness (QED) is 0.559. The van der Waals surface area contributed by atoms with E-state index in [1.807, 2.05) is 54.6 Å². The van der Waals surface area contributed by atoms with Gasteiger partial charge in [-0.05, 0) is 52.9 Å². The van der Waals surface area contributed by atoms with Crippen LogP contribution in [0.4, 0.5) is 9.18 Å².